The summed E-state index contributed by atoms with van der Waals surface area (Å²) in [6, 6.07) is 8.41. The first kappa shape index (κ1) is 23.4. The third-order valence-electron chi connectivity index (χ3n) is 6.10. The number of piperazine rings is 1. The number of aryl methyl sites for hydroxylation is 1. The van der Waals surface area contributed by atoms with E-state index in [2.05, 4.69) is 10.1 Å². The second kappa shape index (κ2) is 9.60. The van der Waals surface area contributed by atoms with Crippen molar-refractivity contribution in [2.24, 2.45) is 5.16 Å². The van der Waals surface area contributed by atoms with Gasteiger partial charge in [0, 0.05) is 56.4 Å². The lowest BCUT2D eigenvalue weighted by Gasteiger charge is -2.36. The molecule has 0 amide bonds. The second-order valence-corrected chi connectivity index (χ2v) is 8.10. The maximum Gasteiger partial charge on any atom is 0.341 e. The number of anilines is 1. The highest BCUT2D eigenvalue weighted by molar-refractivity contribution is 6.01. The van der Waals surface area contributed by atoms with E-state index in [1.54, 1.807) is 22.8 Å². The van der Waals surface area contributed by atoms with Crippen LogP contribution < -0.4 is 10.3 Å². The molecule has 2 aromatic carbocycles. The van der Waals surface area contributed by atoms with E-state index in [0.29, 0.717) is 61.7 Å². The van der Waals surface area contributed by atoms with Gasteiger partial charge in [0.2, 0.25) is 5.43 Å². The van der Waals surface area contributed by atoms with Crippen molar-refractivity contribution >= 4 is 28.3 Å². The Morgan fingerprint density at radius 3 is 2.35 bits per heavy atom. The highest BCUT2D eigenvalue weighted by atomic mass is 19.1. The molecule has 0 bridgehead atoms. The molecule has 0 radical (unpaired) electrons. The molecule has 0 spiro atoms. The molecule has 10 heteroatoms. The molecule has 34 heavy (non-hydrogen) atoms. The summed E-state index contributed by atoms with van der Waals surface area (Å²) in [7, 11) is 0. The Labute approximate surface area is 193 Å². The van der Waals surface area contributed by atoms with Crippen molar-refractivity contribution in [3.05, 3.63) is 75.6 Å². The van der Waals surface area contributed by atoms with Gasteiger partial charge < -0.3 is 19.8 Å². The Hall–Kier alpha value is -3.79. The first-order valence-corrected chi connectivity index (χ1v) is 10.9. The van der Waals surface area contributed by atoms with Gasteiger partial charge in [-0.25, -0.2) is 13.6 Å². The highest BCUT2D eigenvalue weighted by Gasteiger charge is 2.23. The molecule has 178 valence electrons. The average molecular weight is 470 g/mol. The molecule has 2 N–H and O–H groups in total. The molecular formula is C24H24F2N4O4. The second-order valence-electron chi connectivity index (χ2n) is 8.10. The summed E-state index contributed by atoms with van der Waals surface area (Å²) >= 11 is 0. The summed E-state index contributed by atoms with van der Waals surface area (Å²) in [4.78, 5) is 27.9. The monoisotopic (exact) mass is 470 g/mol. The van der Waals surface area contributed by atoms with Crippen LogP contribution in [-0.4, -0.2) is 64.2 Å². The largest absolute Gasteiger partial charge is 0.477 e. The number of hydrogen-bond donors (Lipinski definition) is 2. The van der Waals surface area contributed by atoms with Crippen LogP contribution in [0, 0.1) is 11.6 Å². The van der Waals surface area contributed by atoms with Crippen molar-refractivity contribution in [1.29, 1.82) is 0 Å². The van der Waals surface area contributed by atoms with E-state index in [4.69, 9.17) is 0 Å². The molecule has 1 aromatic heterocycles. The summed E-state index contributed by atoms with van der Waals surface area (Å²) in [5.41, 5.74) is 0.738. The zero-order valence-corrected chi connectivity index (χ0v) is 18.5. The minimum atomic E-state index is -1.35. The van der Waals surface area contributed by atoms with Crippen LogP contribution in [0.4, 0.5) is 14.5 Å². The summed E-state index contributed by atoms with van der Waals surface area (Å²) in [6.07, 6.45) is 1.29. The topological polar surface area (TPSA) is 98.4 Å². The molecule has 1 aliphatic heterocycles. The van der Waals surface area contributed by atoms with Crippen LogP contribution in [0.5, 0.6) is 0 Å². The SMILES string of the molecule is CCn1cc(C(=O)O)c(=O)c2cc(F)c(N3CCN(C/C(=N/O)c4ccc(F)cc4)CC3)cc21. The number of nitrogens with zero attached hydrogens (tertiary/aromatic N) is 4. The standard InChI is InChI=1S/C24H24F2N4O4/c1-2-29-13-18(24(32)33)23(31)17-11-19(26)22(12-21(17)29)30-9-7-28(8-10-30)14-20(27-34)15-3-5-16(25)6-4-15/h3-6,11-13,34H,2,7-10,14H2,1H3,(H,32,33)/b27-20-. The van der Waals surface area contributed by atoms with Gasteiger partial charge in [0.25, 0.3) is 0 Å². The van der Waals surface area contributed by atoms with Crippen LogP contribution in [0.3, 0.4) is 0 Å². The molecule has 4 rings (SSSR count). The Bertz CT molecular complexity index is 1310. The van der Waals surface area contributed by atoms with Gasteiger partial charge in [-0.3, -0.25) is 9.69 Å². The van der Waals surface area contributed by atoms with Gasteiger partial charge in [0.05, 0.1) is 11.2 Å². The predicted octanol–water partition coefficient (Wildman–Crippen LogP) is 3.00. The number of pyridine rings is 1. The number of rotatable bonds is 6. The van der Waals surface area contributed by atoms with Crippen molar-refractivity contribution in [1.82, 2.24) is 9.47 Å². The molecule has 0 unspecified atom stereocenters. The van der Waals surface area contributed by atoms with E-state index in [1.807, 2.05) is 11.8 Å². The average Bonchev–Trinajstić information content (AvgIpc) is 2.83. The van der Waals surface area contributed by atoms with Crippen molar-refractivity contribution < 1.29 is 23.9 Å². The van der Waals surface area contributed by atoms with Gasteiger partial charge in [-0.15, -0.1) is 0 Å². The van der Waals surface area contributed by atoms with Crippen LogP contribution in [0.1, 0.15) is 22.8 Å². The number of aromatic carboxylic acids is 1. The van der Waals surface area contributed by atoms with E-state index >= 15 is 4.39 Å². The molecule has 1 saturated heterocycles. The highest BCUT2D eigenvalue weighted by Crippen LogP contribution is 2.26. The lowest BCUT2D eigenvalue weighted by atomic mass is 10.1. The number of benzene rings is 2. The Balaban J connectivity index is 1.54. The molecule has 0 aliphatic carbocycles. The van der Waals surface area contributed by atoms with E-state index in [1.165, 1.54) is 18.3 Å². The summed E-state index contributed by atoms with van der Waals surface area (Å²) in [5, 5.41) is 22.1. The van der Waals surface area contributed by atoms with E-state index < -0.39 is 22.8 Å². The number of carbonyl (C=O) groups is 1. The zero-order chi connectivity index (χ0) is 24.4. The molecule has 0 saturated carbocycles. The van der Waals surface area contributed by atoms with Crippen molar-refractivity contribution in [2.45, 2.75) is 13.5 Å². The third kappa shape index (κ3) is 4.49. The zero-order valence-electron chi connectivity index (χ0n) is 18.5. The quantitative estimate of drug-likeness (QED) is 0.327. The molecule has 1 aliphatic rings. The fourth-order valence-corrected chi connectivity index (χ4v) is 4.24. The van der Waals surface area contributed by atoms with Crippen molar-refractivity contribution in [2.75, 3.05) is 37.6 Å². The van der Waals surface area contributed by atoms with Gasteiger partial charge in [-0.05, 0) is 31.2 Å². The van der Waals surface area contributed by atoms with Crippen LogP contribution >= 0.6 is 0 Å². The van der Waals surface area contributed by atoms with Gasteiger partial charge in [-0.1, -0.05) is 17.3 Å². The molecule has 1 fully saturated rings. The van der Waals surface area contributed by atoms with Gasteiger partial charge >= 0.3 is 5.97 Å². The van der Waals surface area contributed by atoms with E-state index in [9.17, 15) is 24.3 Å². The number of aromatic nitrogens is 1. The molecule has 2 heterocycles. The molecule has 3 aromatic rings. The molecular weight excluding hydrogens is 446 g/mol. The van der Waals surface area contributed by atoms with Crippen LogP contribution in [0.25, 0.3) is 10.9 Å². The number of halogens is 2. The van der Waals surface area contributed by atoms with Crippen molar-refractivity contribution in [3.63, 3.8) is 0 Å². The Morgan fingerprint density at radius 1 is 1.09 bits per heavy atom. The van der Waals surface area contributed by atoms with Crippen LogP contribution in [0.2, 0.25) is 0 Å². The maximum atomic E-state index is 15.0. The number of hydrogen-bond acceptors (Lipinski definition) is 6. The summed E-state index contributed by atoms with van der Waals surface area (Å²) in [5.74, 6) is -2.31. The smallest absolute Gasteiger partial charge is 0.341 e. The number of carboxylic acids is 1. The maximum absolute atomic E-state index is 15.0. The summed E-state index contributed by atoms with van der Waals surface area (Å²) in [6.45, 7) is 4.71. The Morgan fingerprint density at radius 2 is 1.76 bits per heavy atom. The predicted molar refractivity (Wildman–Crippen MR) is 124 cm³/mol. The fraction of sp³-hybridized carbons (Fsp3) is 0.292. The normalized spacial score (nSPS) is 15.1. The third-order valence-corrected chi connectivity index (χ3v) is 6.10. The van der Waals surface area contributed by atoms with E-state index in [0.717, 1.165) is 6.07 Å². The van der Waals surface area contributed by atoms with Gasteiger partial charge in [0.15, 0.2) is 0 Å². The number of carboxylic acid groups (broad SMARTS) is 1. The molecule has 0 atom stereocenters. The fourth-order valence-electron chi connectivity index (χ4n) is 4.24. The first-order valence-electron chi connectivity index (χ1n) is 10.9. The lowest BCUT2D eigenvalue weighted by molar-refractivity contribution is 0.0695. The van der Waals surface area contributed by atoms with Gasteiger partial charge in [0.1, 0.15) is 22.9 Å². The van der Waals surface area contributed by atoms with Gasteiger partial charge in [-0.2, -0.15) is 0 Å². The summed E-state index contributed by atoms with van der Waals surface area (Å²) < 4.78 is 29.8. The van der Waals surface area contributed by atoms with Crippen molar-refractivity contribution in [3.8, 4) is 0 Å². The number of oxime groups is 1. The van der Waals surface area contributed by atoms with E-state index in [-0.39, 0.29) is 11.2 Å². The minimum absolute atomic E-state index is 0.0322. The first-order chi connectivity index (χ1) is 16.3. The lowest BCUT2D eigenvalue weighted by Crippen LogP contribution is -2.48. The molecule has 8 nitrogen and oxygen atoms in total. The van der Waals surface area contributed by atoms with Crippen LogP contribution in [0.15, 0.2) is 52.5 Å². The Kier molecular flexibility index (Phi) is 6.60. The number of fused-ring (bicyclic) bond motifs is 1. The van der Waals surface area contributed by atoms with Crippen LogP contribution in [-0.2, 0) is 6.54 Å². The minimum Gasteiger partial charge on any atom is -0.477 e.